The van der Waals surface area contributed by atoms with Crippen LogP contribution < -0.4 is 5.32 Å². The van der Waals surface area contributed by atoms with Crippen molar-refractivity contribution in [2.45, 2.75) is 25.3 Å². The van der Waals surface area contributed by atoms with Gasteiger partial charge in [-0.25, -0.2) is 14.4 Å². The van der Waals surface area contributed by atoms with Crippen LogP contribution in [0.2, 0.25) is 0 Å². The lowest BCUT2D eigenvalue weighted by Gasteiger charge is -2.22. The number of hydrogen-bond acceptors (Lipinski definition) is 3. The van der Waals surface area contributed by atoms with Crippen LogP contribution in [-0.2, 0) is 0 Å². The Labute approximate surface area is 125 Å². The van der Waals surface area contributed by atoms with Gasteiger partial charge in [-0.15, -0.1) is 0 Å². The summed E-state index contributed by atoms with van der Waals surface area (Å²) in [6.07, 6.45) is 5.10. The standard InChI is InChI=1S/C15H15BrFN3/c16-10-4-5-12(17)11(9-10)13-6-8-19-15(20-13)14-3-1-2-7-18-14/h4-6,8-9,14,18H,1-3,7H2. The Kier molecular flexibility index (Phi) is 4.08. The van der Waals surface area contributed by atoms with Crippen LogP contribution in [0, 0.1) is 5.82 Å². The highest BCUT2D eigenvalue weighted by Gasteiger charge is 2.18. The molecule has 1 saturated heterocycles. The first-order chi connectivity index (χ1) is 9.74. The van der Waals surface area contributed by atoms with Crippen molar-refractivity contribution in [2.24, 2.45) is 0 Å². The lowest BCUT2D eigenvalue weighted by Crippen LogP contribution is -2.28. The van der Waals surface area contributed by atoms with Gasteiger partial charge in [0.25, 0.3) is 0 Å². The molecule has 3 nitrogen and oxygen atoms in total. The van der Waals surface area contributed by atoms with Crippen molar-refractivity contribution in [1.29, 1.82) is 0 Å². The predicted molar refractivity (Wildman–Crippen MR) is 79.7 cm³/mol. The van der Waals surface area contributed by atoms with E-state index in [-0.39, 0.29) is 11.9 Å². The van der Waals surface area contributed by atoms with Crippen molar-refractivity contribution in [3.8, 4) is 11.3 Å². The molecule has 5 heteroatoms. The van der Waals surface area contributed by atoms with E-state index in [0.717, 1.165) is 23.3 Å². The summed E-state index contributed by atoms with van der Waals surface area (Å²) in [5, 5.41) is 3.41. The molecular weight excluding hydrogens is 321 g/mol. The van der Waals surface area contributed by atoms with Crippen LogP contribution in [0.4, 0.5) is 4.39 Å². The summed E-state index contributed by atoms with van der Waals surface area (Å²) >= 11 is 3.37. The minimum Gasteiger partial charge on any atom is -0.307 e. The van der Waals surface area contributed by atoms with Crippen molar-refractivity contribution >= 4 is 15.9 Å². The van der Waals surface area contributed by atoms with Crippen molar-refractivity contribution in [1.82, 2.24) is 15.3 Å². The molecule has 0 aliphatic carbocycles. The van der Waals surface area contributed by atoms with Gasteiger partial charge in [0, 0.05) is 16.2 Å². The highest BCUT2D eigenvalue weighted by molar-refractivity contribution is 9.10. The predicted octanol–water partition coefficient (Wildman–Crippen LogP) is 3.86. The van der Waals surface area contributed by atoms with Gasteiger partial charge in [0.15, 0.2) is 0 Å². The number of aromatic nitrogens is 2. The third-order valence-electron chi connectivity index (χ3n) is 3.50. The largest absolute Gasteiger partial charge is 0.307 e. The van der Waals surface area contributed by atoms with Crippen molar-refractivity contribution in [3.63, 3.8) is 0 Å². The molecule has 0 amide bonds. The number of piperidine rings is 1. The lowest BCUT2D eigenvalue weighted by atomic mass is 10.0. The summed E-state index contributed by atoms with van der Waals surface area (Å²) in [7, 11) is 0. The van der Waals surface area contributed by atoms with Gasteiger partial charge in [-0.05, 0) is 43.7 Å². The molecule has 1 aliphatic heterocycles. The van der Waals surface area contributed by atoms with E-state index in [0.29, 0.717) is 11.3 Å². The summed E-state index contributed by atoms with van der Waals surface area (Å²) in [4.78, 5) is 8.87. The lowest BCUT2D eigenvalue weighted by molar-refractivity contribution is 0.397. The van der Waals surface area contributed by atoms with Gasteiger partial charge < -0.3 is 5.32 Å². The maximum absolute atomic E-state index is 13.9. The molecule has 1 unspecified atom stereocenters. The average molecular weight is 336 g/mol. The fourth-order valence-electron chi connectivity index (χ4n) is 2.46. The molecule has 0 spiro atoms. The van der Waals surface area contributed by atoms with Gasteiger partial charge >= 0.3 is 0 Å². The quantitative estimate of drug-likeness (QED) is 0.905. The maximum Gasteiger partial charge on any atom is 0.145 e. The van der Waals surface area contributed by atoms with Crippen molar-refractivity contribution < 1.29 is 4.39 Å². The Morgan fingerprint density at radius 2 is 2.15 bits per heavy atom. The van der Waals surface area contributed by atoms with Crippen molar-refractivity contribution in [3.05, 3.63) is 46.6 Å². The molecule has 0 radical (unpaired) electrons. The SMILES string of the molecule is Fc1ccc(Br)cc1-c1ccnc(C2CCCCN2)n1. The fraction of sp³-hybridized carbons (Fsp3) is 0.333. The van der Waals surface area contributed by atoms with Gasteiger partial charge in [-0.3, -0.25) is 0 Å². The van der Waals surface area contributed by atoms with Crippen LogP contribution in [0.5, 0.6) is 0 Å². The first-order valence-corrected chi connectivity index (χ1v) is 7.55. The monoisotopic (exact) mass is 335 g/mol. The topological polar surface area (TPSA) is 37.8 Å². The second-order valence-corrected chi connectivity index (χ2v) is 5.84. The van der Waals surface area contributed by atoms with E-state index in [1.54, 1.807) is 24.4 Å². The third kappa shape index (κ3) is 2.88. The number of rotatable bonds is 2. The zero-order valence-electron chi connectivity index (χ0n) is 10.9. The van der Waals surface area contributed by atoms with Gasteiger partial charge in [-0.1, -0.05) is 22.4 Å². The Balaban J connectivity index is 1.96. The zero-order valence-corrected chi connectivity index (χ0v) is 12.5. The summed E-state index contributed by atoms with van der Waals surface area (Å²) < 4.78 is 14.8. The molecule has 1 aromatic carbocycles. The molecule has 0 bridgehead atoms. The first kappa shape index (κ1) is 13.6. The molecule has 1 N–H and O–H groups in total. The highest BCUT2D eigenvalue weighted by atomic mass is 79.9. The van der Waals surface area contributed by atoms with E-state index in [4.69, 9.17) is 0 Å². The number of nitrogens with one attached hydrogen (secondary N) is 1. The third-order valence-corrected chi connectivity index (χ3v) is 3.99. The molecule has 1 aromatic heterocycles. The van der Waals surface area contributed by atoms with Crippen LogP contribution in [0.25, 0.3) is 11.3 Å². The Bertz CT molecular complexity index is 612. The van der Waals surface area contributed by atoms with Crippen LogP contribution in [0.15, 0.2) is 34.9 Å². The van der Waals surface area contributed by atoms with Crippen LogP contribution in [0.1, 0.15) is 31.1 Å². The van der Waals surface area contributed by atoms with Crippen LogP contribution in [0.3, 0.4) is 0 Å². The number of halogens is 2. The van der Waals surface area contributed by atoms with Gasteiger partial charge in [0.05, 0.1) is 11.7 Å². The van der Waals surface area contributed by atoms with E-state index in [1.807, 2.05) is 0 Å². The summed E-state index contributed by atoms with van der Waals surface area (Å²) in [5.74, 6) is 0.482. The van der Waals surface area contributed by atoms with E-state index in [9.17, 15) is 4.39 Å². The number of benzene rings is 1. The molecule has 1 aliphatic rings. The molecule has 1 fully saturated rings. The summed E-state index contributed by atoms with van der Waals surface area (Å²) in [6, 6.07) is 6.80. The van der Waals surface area contributed by atoms with E-state index in [1.165, 1.54) is 18.9 Å². The van der Waals surface area contributed by atoms with Crippen molar-refractivity contribution in [2.75, 3.05) is 6.54 Å². The minimum absolute atomic E-state index is 0.180. The van der Waals surface area contributed by atoms with Crippen LogP contribution >= 0.6 is 15.9 Å². The molecule has 20 heavy (non-hydrogen) atoms. The second-order valence-electron chi connectivity index (χ2n) is 4.93. The Hall–Kier alpha value is -1.33. The van der Waals surface area contributed by atoms with Crippen LogP contribution in [-0.4, -0.2) is 16.5 Å². The fourth-order valence-corrected chi connectivity index (χ4v) is 2.82. The van der Waals surface area contributed by atoms with E-state index >= 15 is 0 Å². The number of hydrogen-bond donors (Lipinski definition) is 1. The molecule has 2 aromatic rings. The summed E-state index contributed by atoms with van der Waals surface area (Å²) in [6.45, 7) is 0.990. The maximum atomic E-state index is 13.9. The Morgan fingerprint density at radius 3 is 2.95 bits per heavy atom. The molecular formula is C15H15BrFN3. The smallest absolute Gasteiger partial charge is 0.145 e. The van der Waals surface area contributed by atoms with E-state index < -0.39 is 0 Å². The van der Waals surface area contributed by atoms with Gasteiger partial charge in [0.2, 0.25) is 0 Å². The molecule has 0 saturated carbocycles. The first-order valence-electron chi connectivity index (χ1n) is 6.76. The normalized spacial score (nSPS) is 19.0. The van der Waals surface area contributed by atoms with Gasteiger partial charge in [-0.2, -0.15) is 0 Å². The molecule has 3 rings (SSSR count). The number of nitrogens with zero attached hydrogens (tertiary/aromatic N) is 2. The van der Waals surface area contributed by atoms with E-state index in [2.05, 4.69) is 31.2 Å². The average Bonchev–Trinajstić information content (AvgIpc) is 2.51. The zero-order chi connectivity index (χ0) is 13.9. The minimum atomic E-state index is -0.269. The van der Waals surface area contributed by atoms with Gasteiger partial charge in [0.1, 0.15) is 11.6 Å². The molecule has 2 heterocycles. The second kappa shape index (κ2) is 5.97. The summed E-state index contributed by atoms with van der Waals surface area (Å²) in [5.41, 5.74) is 1.13. The molecule has 1 atom stereocenters. The molecule has 104 valence electrons. The Morgan fingerprint density at radius 1 is 1.25 bits per heavy atom. The highest BCUT2D eigenvalue weighted by Crippen LogP contribution is 2.26.